The molecule has 0 aliphatic carbocycles. The Morgan fingerprint density at radius 2 is 0.898 bits per heavy atom. The molecule has 13 heteroatoms. The van der Waals surface area contributed by atoms with Gasteiger partial charge in [0.2, 0.25) is 0 Å². The van der Waals surface area contributed by atoms with Crippen molar-refractivity contribution >= 4 is 70.1 Å². The number of rotatable bonds is 18. The molecule has 13 nitrogen and oxygen atoms in total. The van der Waals surface area contributed by atoms with E-state index in [0.29, 0.717) is 23.3 Å². The zero-order valence-electron chi connectivity index (χ0n) is 33.0. The maximum atomic E-state index is 13.3. The summed E-state index contributed by atoms with van der Waals surface area (Å²) in [4.78, 5) is 76.1. The highest BCUT2D eigenvalue weighted by atomic mass is 16.4. The molecule has 304 valence electrons. The number of nitrogens with zero attached hydrogens (tertiary/aromatic N) is 2. The van der Waals surface area contributed by atoms with Crippen LogP contribution in [0.1, 0.15) is 84.2 Å². The normalized spacial score (nSPS) is 12.0. The second kappa shape index (κ2) is 19.2. The van der Waals surface area contributed by atoms with Crippen molar-refractivity contribution in [3.63, 3.8) is 0 Å². The van der Waals surface area contributed by atoms with Gasteiger partial charge < -0.3 is 40.5 Å². The van der Waals surface area contributed by atoms with Crippen molar-refractivity contribution in [3.05, 3.63) is 144 Å². The Morgan fingerprint density at radius 1 is 0.525 bits per heavy atom. The Balaban J connectivity index is 1.57. The van der Waals surface area contributed by atoms with E-state index in [9.17, 15) is 39.0 Å². The average Bonchev–Trinajstić information content (AvgIpc) is 3.21. The molecule has 0 heterocycles. The minimum absolute atomic E-state index is 0.127. The van der Waals surface area contributed by atoms with Gasteiger partial charge in [0.05, 0.1) is 18.9 Å². The Morgan fingerprint density at radius 3 is 1.24 bits per heavy atom. The standard InChI is InChI=1S/C46H46N4O9/c1-28(2)30-11-15-35(16-12-30)49(39-9-5-7-32(23-39)44(56)47-34(27-51)25-42(52)53)37-19-21-38(22-20-37)50(36-17-13-31(14-18-36)29(3)4)40-10-6-8-33(24-40)45(57)48-41(46(58)59)26-43(54)55/h5-24,27-29,34,41H,25-26H2,1-4H3,(H,47,56)(H,48,57)(H,52,53)(H,54,55)(H,58,59). The smallest absolute Gasteiger partial charge is 0.326 e. The summed E-state index contributed by atoms with van der Waals surface area (Å²) in [7, 11) is 0. The fourth-order valence-corrected chi connectivity index (χ4v) is 6.42. The Hall–Kier alpha value is -7.28. The number of carboxylic acid groups (broad SMARTS) is 3. The van der Waals surface area contributed by atoms with Crippen LogP contribution in [0.3, 0.4) is 0 Å². The zero-order chi connectivity index (χ0) is 42.8. The van der Waals surface area contributed by atoms with Crippen molar-refractivity contribution in [3.8, 4) is 0 Å². The molecular formula is C46H46N4O9. The molecule has 5 rings (SSSR count). The summed E-state index contributed by atoms with van der Waals surface area (Å²) in [6.45, 7) is 8.38. The number of nitrogens with one attached hydrogen (secondary N) is 2. The number of benzene rings is 5. The molecule has 5 N–H and O–H groups in total. The minimum Gasteiger partial charge on any atom is -0.481 e. The molecule has 0 aliphatic heterocycles. The molecule has 2 unspecified atom stereocenters. The van der Waals surface area contributed by atoms with Crippen molar-refractivity contribution in [2.24, 2.45) is 0 Å². The van der Waals surface area contributed by atoms with Gasteiger partial charge in [0.15, 0.2) is 0 Å². The molecule has 0 aliphatic rings. The van der Waals surface area contributed by atoms with Crippen LogP contribution in [0.15, 0.2) is 121 Å². The summed E-state index contributed by atoms with van der Waals surface area (Å²) in [6, 6.07) is 34.1. The molecule has 0 saturated carbocycles. The quantitative estimate of drug-likeness (QED) is 0.0536. The molecule has 0 aromatic heterocycles. The van der Waals surface area contributed by atoms with Crippen molar-refractivity contribution in [2.45, 2.75) is 64.5 Å². The number of hydrogen-bond donors (Lipinski definition) is 5. The van der Waals surface area contributed by atoms with Crippen LogP contribution in [-0.4, -0.2) is 63.4 Å². The van der Waals surface area contributed by atoms with Crippen LogP contribution in [0, 0.1) is 0 Å². The average molecular weight is 799 g/mol. The highest BCUT2D eigenvalue weighted by molar-refractivity contribution is 5.99. The van der Waals surface area contributed by atoms with Crippen molar-refractivity contribution in [1.29, 1.82) is 0 Å². The molecule has 0 bridgehead atoms. The van der Waals surface area contributed by atoms with Gasteiger partial charge in [-0.1, -0.05) is 64.1 Å². The molecule has 5 aromatic carbocycles. The van der Waals surface area contributed by atoms with Gasteiger partial charge in [-0.25, -0.2) is 4.79 Å². The number of aldehydes is 1. The molecule has 0 fully saturated rings. The lowest BCUT2D eigenvalue weighted by atomic mass is 10.0. The van der Waals surface area contributed by atoms with Crippen LogP contribution < -0.4 is 20.4 Å². The predicted octanol–water partition coefficient (Wildman–Crippen LogP) is 8.30. The van der Waals surface area contributed by atoms with E-state index in [4.69, 9.17) is 5.11 Å². The molecule has 5 aromatic rings. The topological polar surface area (TPSA) is 194 Å². The zero-order valence-corrected chi connectivity index (χ0v) is 33.0. The highest BCUT2D eigenvalue weighted by Gasteiger charge is 2.25. The number of carbonyl (C=O) groups is 6. The van der Waals surface area contributed by atoms with Gasteiger partial charge in [-0.2, -0.15) is 0 Å². The van der Waals surface area contributed by atoms with Gasteiger partial charge >= 0.3 is 17.9 Å². The van der Waals surface area contributed by atoms with E-state index in [1.165, 1.54) is 6.07 Å². The van der Waals surface area contributed by atoms with Crippen molar-refractivity contribution in [1.82, 2.24) is 10.6 Å². The second-order valence-electron chi connectivity index (χ2n) is 14.6. The molecule has 0 radical (unpaired) electrons. The highest BCUT2D eigenvalue weighted by Crippen LogP contribution is 2.40. The molecule has 59 heavy (non-hydrogen) atoms. The number of amides is 2. The second-order valence-corrected chi connectivity index (χ2v) is 14.6. The first-order chi connectivity index (χ1) is 28.1. The van der Waals surface area contributed by atoms with Gasteiger partial charge in [-0.15, -0.1) is 0 Å². The summed E-state index contributed by atoms with van der Waals surface area (Å²) in [6.07, 6.45) is -0.945. The Bertz CT molecular complexity index is 2310. The summed E-state index contributed by atoms with van der Waals surface area (Å²) in [5.74, 6) is -4.84. The van der Waals surface area contributed by atoms with Gasteiger partial charge in [0.1, 0.15) is 12.3 Å². The lowest BCUT2D eigenvalue weighted by Gasteiger charge is -2.29. The third kappa shape index (κ3) is 11.0. The molecule has 2 amide bonds. The number of anilines is 6. The molecule has 2 atom stereocenters. The number of carboxylic acids is 3. The lowest BCUT2D eigenvalue weighted by Crippen LogP contribution is -2.42. The van der Waals surface area contributed by atoms with Crippen molar-refractivity contribution in [2.75, 3.05) is 9.80 Å². The van der Waals surface area contributed by atoms with Crippen LogP contribution in [0.4, 0.5) is 34.1 Å². The summed E-state index contributed by atoms with van der Waals surface area (Å²) in [5, 5.41) is 32.7. The maximum absolute atomic E-state index is 13.3. The van der Waals surface area contributed by atoms with Crippen LogP contribution in [0.5, 0.6) is 0 Å². The van der Waals surface area contributed by atoms with E-state index in [1.807, 2.05) is 88.7 Å². The van der Waals surface area contributed by atoms with Crippen molar-refractivity contribution < 1.29 is 44.1 Å². The lowest BCUT2D eigenvalue weighted by molar-refractivity contribution is -0.145. The first-order valence-corrected chi connectivity index (χ1v) is 19.0. The largest absolute Gasteiger partial charge is 0.481 e. The van der Waals surface area contributed by atoms with Crippen LogP contribution in [-0.2, 0) is 19.2 Å². The number of aliphatic carboxylic acids is 3. The first-order valence-electron chi connectivity index (χ1n) is 19.0. The van der Waals surface area contributed by atoms with E-state index < -0.39 is 54.6 Å². The van der Waals surface area contributed by atoms with E-state index >= 15 is 0 Å². The van der Waals surface area contributed by atoms with Crippen LogP contribution in [0.25, 0.3) is 0 Å². The van der Waals surface area contributed by atoms with Gasteiger partial charge in [0.25, 0.3) is 11.8 Å². The van der Waals surface area contributed by atoms with E-state index in [1.54, 1.807) is 36.4 Å². The van der Waals surface area contributed by atoms with Crippen LogP contribution in [0.2, 0.25) is 0 Å². The maximum Gasteiger partial charge on any atom is 0.326 e. The van der Waals surface area contributed by atoms with Crippen LogP contribution >= 0.6 is 0 Å². The van der Waals surface area contributed by atoms with Gasteiger partial charge in [-0.3, -0.25) is 19.2 Å². The Labute approximate surface area is 341 Å². The summed E-state index contributed by atoms with van der Waals surface area (Å²) >= 11 is 0. The minimum atomic E-state index is -1.62. The molecule has 0 spiro atoms. The summed E-state index contributed by atoms with van der Waals surface area (Å²) < 4.78 is 0. The molecular weight excluding hydrogens is 753 g/mol. The fourth-order valence-electron chi connectivity index (χ4n) is 6.42. The third-order valence-corrected chi connectivity index (χ3v) is 9.59. The van der Waals surface area contributed by atoms with E-state index in [-0.39, 0.29) is 23.0 Å². The van der Waals surface area contributed by atoms with E-state index in [2.05, 4.69) is 38.3 Å². The third-order valence-electron chi connectivity index (χ3n) is 9.59. The number of carbonyl (C=O) groups excluding carboxylic acids is 3. The fraction of sp³-hybridized carbons (Fsp3) is 0.217. The van der Waals surface area contributed by atoms with Gasteiger partial charge in [-0.05, 0) is 108 Å². The Kier molecular flexibility index (Phi) is 14.0. The monoisotopic (exact) mass is 798 g/mol. The predicted molar refractivity (Wildman–Crippen MR) is 225 cm³/mol. The molecule has 0 saturated heterocycles. The SMILES string of the molecule is CC(C)c1ccc(N(c2ccc(N(c3ccc(C(C)C)cc3)c3cccc(C(=O)NC(CC(=O)O)C(=O)O)c3)cc2)c2cccc(C(=O)NC(C=O)CC(=O)O)c2)cc1. The first kappa shape index (κ1) is 42.9. The summed E-state index contributed by atoms with van der Waals surface area (Å²) in [5.41, 5.74) is 6.78. The van der Waals surface area contributed by atoms with E-state index in [0.717, 1.165) is 28.2 Å². The van der Waals surface area contributed by atoms with Gasteiger partial charge in [0, 0.05) is 45.3 Å². The number of hydrogen-bond acceptors (Lipinski definition) is 8.